The van der Waals surface area contributed by atoms with Crippen molar-refractivity contribution >= 4 is 33.8 Å². The van der Waals surface area contributed by atoms with Crippen molar-refractivity contribution in [3.05, 3.63) is 95.0 Å². The lowest BCUT2D eigenvalue weighted by Crippen LogP contribution is -1.94. The van der Waals surface area contributed by atoms with Gasteiger partial charge in [0.25, 0.3) is 0 Å². The van der Waals surface area contributed by atoms with Crippen LogP contribution in [0.3, 0.4) is 0 Å². The molecule has 0 saturated heterocycles. The maximum absolute atomic E-state index is 6.19. The van der Waals surface area contributed by atoms with E-state index in [2.05, 4.69) is 66.5 Å². The van der Waals surface area contributed by atoms with Crippen molar-refractivity contribution in [2.45, 2.75) is 13.3 Å². The van der Waals surface area contributed by atoms with Gasteiger partial charge >= 0.3 is 0 Å². The highest BCUT2D eigenvalue weighted by Crippen LogP contribution is 2.38. The Balaban J connectivity index is 1.79. The third kappa shape index (κ3) is 3.51. The molecule has 0 aliphatic rings. The maximum Gasteiger partial charge on any atom is 0.0935 e. The lowest BCUT2D eigenvalue weighted by atomic mass is 9.96. The Labute approximate surface area is 184 Å². The molecule has 0 fully saturated rings. The van der Waals surface area contributed by atoms with Crippen LogP contribution < -0.4 is 0 Å². The number of thiophene rings is 1. The molecule has 0 spiro atoms. The van der Waals surface area contributed by atoms with E-state index in [0.29, 0.717) is 0 Å². The zero-order chi connectivity index (χ0) is 20.5. The predicted molar refractivity (Wildman–Crippen MR) is 128 cm³/mol. The number of aromatic nitrogens is 2. The van der Waals surface area contributed by atoms with E-state index in [-0.39, 0.29) is 0 Å². The molecule has 0 radical (unpaired) electrons. The molecule has 0 bridgehead atoms. The number of aryl methyl sites for hydroxylation is 1. The van der Waals surface area contributed by atoms with E-state index in [1.807, 2.05) is 30.5 Å². The molecule has 0 saturated carbocycles. The zero-order valence-corrected chi connectivity index (χ0v) is 18.0. The second-order valence-electron chi connectivity index (χ2n) is 7.13. The summed E-state index contributed by atoms with van der Waals surface area (Å²) in [5.41, 5.74) is 7.51. The molecule has 0 atom stereocenters. The van der Waals surface area contributed by atoms with Gasteiger partial charge in [-0.25, -0.2) is 4.98 Å². The van der Waals surface area contributed by atoms with Crippen LogP contribution in [0.4, 0.5) is 0 Å². The van der Waals surface area contributed by atoms with Crippen LogP contribution in [-0.4, -0.2) is 9.97 Å². The molecular formula is C26H19ClN2S. The number of pyridine rings is 2. The van der Waals surface area contributed by atoms with Crippen molar-refractivity contribution < 1.29 is 0 Å². The summed E-state index contributed by atoms with van der Waals surface area (Å²) in [7, 11) is 0. The van der Waals surface area contributed by atoms with E-state index < -0.39 is 0 Å². The number of halogens is 1. The quantitative estimate of drug-likeness (QED) is 0.291. The lowest BCUT2D eigenvalue weighted by Gasteiger charge is -2.13. The smallest absolute Gasteiger partial charge is 0.0935 e. The number of rotatable bonds is 4. The van der Waals surface area contributed by atoms with Crippen molar-refractivity contribution in [2.75, 3.05) is 0 Å². The molecule has 5 rings (SSSR count). The van der Waals surface area contributed by atoms with E-state index >= 15 is 0 Å². The second-order valence-corrected chi connectivity index (χ2v) is 8.85. The Hall–Kier alpha value is -3.01. The Morgan fingerprint density at radius 2 is 1.63 bits per heavy atom. The fourth-order valence-electron chi connectivity index (χ4n) is 3.69. The van der Waals surface area contributed by atoms with E-state index in [0.717, 1.165) is 54.6 Å². The van der Waals surface area contributed by atoms with Crippen molar-refractivity contribution in [3.8, 4) is 33.0 Å². The normalized spacial score (nSPS) is 11.1. The summed E-state index contributed by atoms with van der Waals surface area (Å²) in [4.78, 5) is 10.8. The molecule has 5 aromatic rings. The van der Waals surface area contributed by atoms with Gasteiger partial charge in [-0.15, -0.1) is 11.3 Å². The number of nitrogens with zero attached hydrogens (tertiary/aromatic N) is 2. The molecule has 30 heavy (non-hydrogen) atoms. The minimum Gasteiger partial charge on any atom is -0.255 e. The van der Waals surface area contributed by atoms with Crippen LogP contribution in [0.15, 0.2) is 85.1 Å². The third-order valence-corrected chi connectivity index (χ3v) is 6.51. The van der Waals surface area contributed by atoms with Crippen molar-refractivity contribution in [2.24, 2.45) is 0 Å². The number of hydrogen-bond acceptors (Lipinski definition) is 3. The van der Waals surface area contributed by atoms with Crippen LogP contribution >= 0.6 is 22.9 Å². The lowest BCUT2D eigenvalue weighted by molar-refractivity contribution is 1.14. The average Bonchev–Trinajstić information content (AvgIpc) is 3.24. The first kappa shape index (κ1) is 19.0. The van der Waals surface area contributed by atoms with Crippen LogP contribution in [0.25, 0.3) is 43.9 Å². The minimum absolute atomic E-state index is 0.757. The van der Waals surface area contributed by atoms with Gasteiger partial charge in [0.1, 0.15) is 0 Å². The summed E-state index contributed by atoms with van der Waals surface area (Å²) >= 11 is 7.73. The molecule has 3 aromatic heterocycles. The van der Waals surface area contributed by atoms with Gasteiger partial charge in [-0.3, -0.25) is 4.98 Å². The highest BCUT2D eigenvalue weighted by Gasteiger charge is 2.15. The first-order valence-corrected chi connectivity index (χ1v) is 11.1. The van der Waals surface area contributed by atoms with Crippen LogP contribution in [0.2, 0.25) is 4.34 Å². The molecule has 3 heterocycles. The minimum atomic E-state index is 0.757. The molecular weight excluding hydrogens is 408 g/mol. The molecule has 0 N–H and O–H groups in total. The fraction of sp³-hybridized carbons (Fsp3) is 0.0769. The summed E-state index contributed by atoms with van der Waals surface area (Å²) < 4.78 is 0.757. The van der Waals surface area contributed by atoms with Gasteiger partial charge in [-0.05, 0) is 41.8 Å². The fourth-order valence-corrected chi connectivity index (χ4v) is 4.74. The van der Waals surface area contributed by atoms with Gasteiger partial charge in [0.2, 0.25) is 0 Å². The topological polar surface area (TPSA) is 25.8 Å². The summed E-state index contributed by atoms with van der Waals surface area (Å²) in [6.45, 7) is 2.17. The molecule has 0 unspecified atom stereocenters. The molecule has 146 valence electrons. The average molecular weight is 427 g/mol. The molecule has 0 aliphatic carbocycles. The molecule has 2 aromatic carbocycles. The molecule has 2 nitrogen and oxygen atoms in total. The summed E-state index contributed by atoms with van der Waals surface area (Å²) in [5, 5.41) is 1.03. The third-order valence-electron chi connectivity index (χ3n) is 5.27. The first-order valence-electron chi connectivity index (χ1n) is 9.93. The SMILES string of the molecule is CCc1ccc(-c2nc3ccnc(-c4ccc(Cl)s4)c3cc2-c2ccccc2)cc1. The van der Waals surface area contributed by atoms with Gasteiger partial charge in [0.15, 0.2) is 0 Å². The number of fused-ring (bicyclic) bond motifs is 1. The zero-order valence-electron chi connectivity index (χ0n) is 16.5. The van der Waals surface area contributed by atoms with E-state index in [1.165, 1.54) is 16.9 Å². The van der Waals surface area contributed by atoms with Gasteiger partial charge in [0.05, 0.1) is 26.1 Å². The van der Waals surface area contributed by atoms with Crippen LogP contribution in [0, 0.1) is 0 Å². The number of benzene rings is 2. The van der Waals surface area contributed by atoms with Gasteiger partial charge in [-0.1, -0.05) is 73.1 Å². The van der Waals surface area contributed by atoms with E-state index in [1.54, 1.807) is 0 Å². The van der Waals surface area contributed by atoms with Gasteiger partial charge < -0.3 is 0 Å². The van der Waals surface area contributed by atoms with E-state index in [4.69, 9.17) is 16.6 Å². The van der Waals surface area contributed by atoms with Crippen LogP contribution in [0.1, 0.15) is 12.5 Å². The highest BCUT2D eigenvalue weighted by atomic mass is 35.5. The Bertz CT molecular complexity index is 1320. The summed E-state index contributed by atoms with van der Waals surface area (Å²) in [6, 6.07) is 27.3. The monoisotopic (exact) mass is 426 g/mol. The van der Waals surface area contributed by atoms with Crippen molar-refractivity contribution in [1.82, 2.24) is 9.97 Å². The maximum atomic E-state index is 6.19. The van der Waals surface area contributed by atoms with Gasteiger partial charge in [0, 0.05) is 22.7 Å². The van der Waals surface area contributed by atoms with Crippen LogP contribution in [-0.2, 0) is 6.42 Å². The summed E-state index contributed by atoms with van der Waals surface area (Å²) in [5.74, 6) is 0. The van der Waals surface area contributed by atoms with Crippen LogP contribution in [0.5, 0.6) is 0 Å². The first-order chi connectivity index (χ1) is 14.7. The second kappa shape index (κ2) is 8.02. The Morgan fingerprint density at radius 3 is 2.33 bits per heavy atom. The van der Waals surface area contributed by atoms with Gasteiger partial charge in [-0.2, -0.15) is 0 Å². The number of hydrogen-bond donors (Lipinski definition) is 0. The van der Waals surface area contributed by atoms with E-state index in [9.17, 15) is 0 Å². The molecule has 0 amide bonds. The molecule has 4 heteroatoms. The van der Waals surface area contributed by atoms with Crippen molar-refractivity contribution in [1.29, 1.82) is 0 Å². The predicted octanol–water partition coefficient (Wildman–Crippen LogP) is 7.91. The molecule has 0 aliphatic heterocycles. The Kier molecular flexibility index (Phi) is 5.07. The summed E-state index contributed by atoms with van der Waals surface area (Å²) in [6.07, 6.45) is 2.85. The Morgan fingerprint density at radius 1 is 0.833 bits per heavy atom. The highest BCUT2D eigenvalue weighted by molar-refractivity contribution is 7.19. The van der Waals surface area contributed by atoms with Crippen molar-refractivity contribution in [3.63, 3.8) is 0 Å². The standard InChI is InChI=1S/C26H19ClN2S/c1-2-17-8-10-19(11-9-17)25-20(18-6-4-3-5-7-18)16-21-22(29-25)14-15-28-26(21)23-12-13-24(27)30-23/h3-16H,2H2,1H3. The largest absolute Gasteiger partial charge is 0.255 e.